The monoisotopic (exact) mass is 700 g/mol. The lowest BCUT2D eigenvalue weighted by Gasteiger charge is -2.18. The van der Waals surface area contributed by atoms with Crippen molar-refractivity contribution in [3.63, 3.8) is 0 Å². The maximum absolute atomic E-state index is 9.45. The summed E-state index contributed by atoms with van der Waals surface area (Å²) in [7, 11) is 0. The van der Waals surface area contributed by atoms with Gasteiger partial charge in [-0.2, -0.15) is 0 Å². The molecule has 2 aliphatic heterocycles. The molecule has 13 heteroatoms. The Labute approximate surface area is 294 Å². The topological polar surface area (TPSA) is 228 Å². The number of rotatable bonds is 13. The van der Waals surface area contributed by atoms with Gasteiger partial charge in [0.05, 0.1) is 22.8 Å². The summed E-state index contributed by atoms with van der Waals surface area (Å²) in [6.07, 6.45) is 6.68. The number of aromatic nitrogens is 4. The molecule has 3 aromatic heterocycles. The van der Waals surface area contributed by atoms with Gasteiger partial charge in [0.1, 0.15) is 0 Å². The normalized spacial score (nSPS) is 13.9. The smallest absolute Gasteiger partial charge is 0.275 e. The van der Waals surface area contributed by atoms with Gasteiger partial charge in [-0.25, -0.2) is 9.97 Å². The first-order chi connectivity index (χ1) is 24.3. The summed E-state index contributed by atoms with van der Waals surface area (Å²) in [6, 6.07) is 25.0. The van der Waals surface area contributed by atoms with Crippen LogP contribution in [0.2, 0.25) is 0 Å². The van der Waals surface area contributed by atoms with Gasteiger partial charge in [-0.1, -0.05) is 30.3 Å². The van der Waals surface area contributed by atoms with E-state index < -0.39 is 24.5 Å². The number of aromatic amines is 2. The number of hydrogen-bond donors (Lipinski definition) is 10. The number of fused-ring (bicyclic) bond motifs is 8. The van der Waals surface area contributed by atoms with Crippen molar-refractivity contribution in [3.8, 4) is 11.1 Å². The highest BCUT2D eigenvalue weighted by atomic mass is 16.7. The minimum atomic E-state index is -2.72. The van der Waals surface area contributed by atoms with Gasteiger partial charge in [-0.3, -0.25) is 0 Å². The molecule has 5 heterocycles. The highest BCUT2D eigenvalue weighted by Crippen LogP contribution is 2.27. The largest absolute Gasteiger partial charge is 0.368 e. The van der Waals surface area contributed by atoms with Crippen LogP contribution in [0.25, 0.3) is 57.5 Å². The van der Waals surface area contributed by atoms with Gasteiger partial charge in [0.2, 0.25) is 0 Å². The van der Waals surface area contributed by atoms with Crippen LogP contribution < -0.4 is 0 Å². The van der Waals surface area contributed by atoms with E-state index in [9.17, 15) is 10.2 Å². The summed E-state index contributed by atoms with van der Waals surface area (Å²) in [5, 5.41) is 70.7. The zero-order valence-electron chi connectivity index (χ0n) is 27.9. The molecule has 6 rings (SSSR count). The van der Waals surface area contributed by atoms with E-state index in [-0.39, 0.29) is 38.5 Å². The minimum absolute atomic E-state index is 0.153. The first-order valence-corrected chi connectivity index (χ1v) is 16.8. The van der Waals surface area contributed by atoms with Crippen LogP contribution in [0.3, 0.4) is 0 Å². The van der Waals surface area contributed by atoms with Crippen LogP contribution in [0.1, 0.15) is 74.1 Å². The predicted octanol–water partition coefficient (Wildman–Crippen LogP) is 4.34. The molecule has 4 aromatic rings. The third-order valence-corrected chi connectivity index (χ3v) is 7.99. The second-order valence-electron chi connectivity index (χ2n) is 12.5. The predicted molar refractivity (Wildman–Crippen MR) is 193 cm³/mol. The van der Waals surface area contributed by atoms with Crippen molar-refractivity contribution in [1.82, 2.24) is 19.9 Å². The molecule has 13 nitrogen and oxygen atoms in total. The van der Waals surface area contributed by atoms with E-state index in [4.69, 9.17) is 40.4 Å². The Bertz CT molecular complexity index is 1930. The fourth-order valence-electron chi connectivity index (χ4n) is 5.55. The van der Waals surface area contributed by atoms with Gasteiger partial charge in [0, 0.05) is 40.5 Å². The minimum Gasteiger partial charge on any atom is -0.368 e. The van der Waals surface area contributed by atoms with Gasteiger partial charge >= 0.3 is 0 Å². The van der Waals surface area contributed by atoms with E-state index in [1.54, 1.807) is 0 Å². The maximum atomic E-state index is 9.45. The van der Waals surface area contributed by atoms with Crippen LogP contribution in [0.15, 0.2) is 72.8 Å². The molecule has 0 aliphatic carbocycles. The van der Waals surface area contributed by atoms with Crippen LogP contribution >= 0.6 is 0 Å². The molecule has 2 atom stereocenters. The molecule has 8 bridgehead atoms. The third-order valence-electron chi connectivity index (χ3n) is 7.99. The van der Waals surface area contributed by atoms with Crippen molar-refractivity contribution in [1.29, 1.82) is 0 Å². The van der Waals surface area contributed by atoms with Gasteiger partial charge in [0.25, 0.3) is 11.9 Å². The molecule has 0 amide bonds. The zero-order valence-corrected chi connectivity index (χ0v) is 27.9. The van der Waals surface area contributed by atoms with E-state index >= 15 is 0 Å². The van der Waals surface area contributed by atoms with Crippen molar-refractivity contribution in [2.75, 3.05) is 0 Å². The second kappa shape index (κ2) is 17.1. The zero-order chi connectivity index (χ0) is 36.4. The Morgan fingerprint density at radius 1 is 0.549 bits per heavy atom. The first kappa shape index (κ1) is 37.7. The Morgan fingerprint density at radius 2 is 1.06 bits per heavy atom. The summed E-state index contributed by atoms with van der Waals surface area (Å²) in [5.41, 5.74) is 10.1. The third kappa shape index (κ3) is 12.6. The summed E-state index contributed by atoms with van der Waals surface area (Å²) in [5.74, 6) is -5.43. The number of aliphatic hydroxyl groups excluding tert-OH is 2. The fraction of sp³-hybridized carbons (Fsp3) is 0.316. The summed E-state index contributed by atoms with van der Waals surface area (Å²) >= 11 is 0. The number of H-pyrrole nitrogens is 2. The van der Waals surface area contributed by atoms with E-state index in [0.717, 1.165) is 50.4 Å². The fourth-order valence-corrected chi connectivity index (χ4v) is 5.55. The van der Waals surface area contributed by atoms with Gasteiger partial charge in [0.15, 0.2) is 12.6 Å². The van der Waals surface area contributed by atoms with Crippen molar-refractivity contribution in [2.24, 2.45) is 0 Å². The molecule has 0 fully saturated rings. The molecule has 270 valence electrons. The van der Waals surface area contributed by atoms with Gasteiger partial charge in [-0.15, -0.1) is 0 Å². The summed E-state index contributed by atoms with van der Waals surface area (Å²) in [4.78, 5) is 16.4. The van der Waals surface area contributed by atoms with Crippen LogP contribution in [-0.2, 0) is 4.74 Å². The standard InChI is InChI=1S/C26H18N4.C12H26O9/c1-2-4-17(5-3-1)25-15-24-14-22-9-8-20(28-22)12-18-6-7-19(27-18)13-21-10-11-23(29-21)16-26(25)30-24;13-9(5-1-3-7-11(15,16)17)21-10(14)6-2-4-8-12(18,19)20/h1-16,28,30H;9-10,13-20H,1-8H2. The molecular formula is C38H44N4O9. The van der Waals surface area contributed by atoms with Crippen molar-refractivity contribution < 1.29 is 45.6 Å². The molecule has 0 radical (unpaired) electrons. The summed E-state index contributed by atoms with van der Waals surface area (Å²) < 4.78 is 4.85. The molecule has 51 heavy (non-hydrogen) atoms. The lowest BCUT2D eigenvalue weighted by atomic mass is 10.1. The van der Waals surface area contributed by atoms with E-state index in [0.29, 0.717) is 12.8 Å². The second-order valence-corrected chi connectivity index (χ2v) is 12.5. The number of unbranched alkanes of at least 4 members (excludes halogenated alkanes) is 2. The van der Waals surface area contributed by atoms with E-state index in [1.807, 2.05) is 42.5 Å². The van der Waals surface area contributed by atoms with Crippen molar-refractivity contribution in [2.45, 2.75) is 75.9 Å². The Kier molecular flexibility index (Phi) is 12.7. The highest BCUT2D eigenvalue weighted by molar-refractivity contribution is 5.87. The molecule has 10 N–H and O–H groups in total. The molecule has 1 aromatic carbocycles. The van der Waals surface area contributed by atoms with Crippen molar-refractivity contribution >= 4 is 46.4 Å². The van der Waals surface area contributed by atoms with Gasteiger partial charge in [-0.05, 0) is 111 Å². The SMILES string of the molecule is C1=Cc2cc3ccc(cc4cc(-c5ccccc5)c(cc5nc(cc1n2)C=C5)[nH]4)[nH]3.OC(CCCCC(O)(O)O)OC(O)CCCCC(O)(O)O. The molecule has 2 aliphatic rings. The van der Waals surface area contributed by atoms with Crippen LogP contribution in [-0.4, -0.2) is 85.3 Å². The summed E-state index contributed by atoms with van der Waals surface area (Å²) in [6.45, 7) is 0. The average Bonchev–Trinajstić information content (AvgIpc) is 3.87. The highest BCUT2D eigenvalue weighted by Gasteiger charge is 2.19. The first-order valence-electron chi connectivity index (χ1n) is 16.8. The maximum Gasteiger partial charge on any atom is 0.275 e. The number of ether oxygens (including phenoxy) is 1. The van der Waals surface area contributed by atoms with E-state index in [1.165, 1.54) is 5.56 Å². The van der Waals surface area contributed by atoms with Crippen LogP contribution in [0.5, 0.6) is 0 Å². The number of hydrogen-bond acceptors (Lipinski definition) is 11. The Hall–Kier alpha value is -4.54. The number of nitrogens with zero attached hydrogens (tertiary/aromatic N) is 2. The lowest BCUT2D eigenvalue weighted by Crippen LogP contribution is -2.27. The van der Waals surface area contributed by atoms with E-state index in [2.05, 4.69) is 69.5 Å². The Morgan fingerprint density at radius 3 is 1.61 bits per heavy atom. The molecule has 0 saturated carbocycles. The van der Waals surface area contributed by atoms with Crippen LogP contribution in [0, 0.1) is 0 Å². The van der Waals surface area contributed by atoms with Crippen molar-refractivity contribution in [3.05, 3.63) is 95.6 Å². The number of nitrogens with one attached hydrogen (secondary N) is 2. The average molecular weight is 701 g/mol. The molecule has 2 unspecified atom stereocenters. The quantitative estimate of drug-likeness (QED) is 0.0602. The lowest BCUT2D eigenvalue weighted by molar-refractivity contribution is -0.316. The number of aliphatic hydroxyl groups is 8. The Balaban J connectivity index is 0.000000214. The number of benzene rings is 1. The van der Waals surface area contributed by atoms with Crippen LogP contribution in [0.4, 0.5) is 0 Å². The molecule has 0 spiro atoms. The molecule has 0 saturated heterocycles. The molecular weight excluding hydrogens is 656 g/mol. The van der Waals surface area contributed by atoms with Gasteiger partial charge < -0.3 is 55.6 Å².